The Morgan fingerprint density at radius 2 is 2.29 bits per heavy atom. The van der Waals surface area contributed by atoms with Crippen molar-refractivity contribution in [3.63, 3.8) is 0 Å². The van der Waals surface area contributed by atoms with Crippen molar-refractivity contribution in [3.05, 3.63) is 32.6 Å². The third-order valence-corrected chi connectivity index (χ3v) is 4.27. The van der Waals surface area contributed by atoms with Crippen LogP contribution in [0.15, 0.2) is 15.8 Å². The number of aromatic amines is 1. The topological polar surface area (TPSA) is 108 Å². The van der Waals surface area contributed by atoms with Gasteiger partial charge in [0.05, 0.1) is 12.6 Å². The standard InChI is InChI=1S/C15H24N4O4S/c1-3-4-5-16-14(24)17-10-6-12(23-11(10)8-20)19-7-9(2)13(21)18-15(19)22/h7,10-12,20H,3-6,8H2,1-2H3,(H2,16,17,24)(H,18,21,22)/t10-,11+,12+/m0/s1. The van der Waals surface area contributed by atoms with Gasteiger partial charge in [-0.15, -0.1) is 0 Å². The molecular weight excluding hydrogens is 332 g/mol. The lowest BCUT2D eigenvalue weighted by molar-refractivity contribution is -0.0281. The van der Waals surface area contributed by atoms with Crippen molar-refractivity contribution >= 4 is 17.3 Å². The van der Waals surface area contributed by atoms with E-state index in [9.17, 15) is 14.7 Å². The first-order valence-corrected chi connectivity index (χ1v) is 8.49. The number of unbranched alkanes of at least 4 members (excludes halogenated alkanes) is 1. The number of nitrogens with one attached hydrogen (secondary N) is 3. The molecule has 1 aromatic heterocycles. The lowest BCUT2D eigenvalue weighted by Crippen LogP contribution is -2.46. The zero-order valence-electron chi connectivity index (χ0n) is 13.9. The van der Waals surface area contributed by atoms with E-state index in [1.54, 1.807) is 6.92 Å². The highest BCUT2D eigenvalue weighted by atomic mass is 32.1. The van der Waals surface area contributed by atoms with Crippen molar-refractivity contribution in [1.29, 1.82) is 0 Å². The van der Waals surface area contributed by atoms with Gasteiger partial charge in [-0.05, 0) is 25.6 Å². The number of aliphatic hydroxyl groups is 1. The largest absolute Gasteiger partial charge is 0.394 e. The second kappa shape index (κ2) is 8.41. The van der Waals surface area contributed by atoms with Crippen LogP contribution in [0.4, 0.5) is 0 Å². The van der Waals surface area contributed by atoms with E-state index in [1.165, 1.54) is 10.8 Å². The Labute approximate surface area is 145 Å². The summed E-state index contributed by atoms with van der Waals surface area (Å²) in [6.07, 6.45) is 2.95. The summed E-state index contributed by atoms with van der Waals surface area (Å²) in [4.78, 5) is 25.7. The van der Waals surface area contributed by atoms with Crippen LogP contribution in [0.25, 0.3) is 0 Å². The van der Waals surface area contributed by atoms with Crippen LogP contribution in [0.2, 0.25) is 0 Å². The molecule has 0 amide bonds. The summed E-state index contributed by atoms with van der Waals surface area (Å²) in [5, 5.41) is 16.3. The number of aliphatic hydroxyl groups excluding tert-OH is 1. The van der Waals surface area contributed by atoms with Gasteiger partial charge < -0.3 is 20.5 Å². The first-order valence-electron chi connectivity index (χ1n) is 8.09. The number of rotatable bonds is 6. The number of H-pyrrole nitrogens is 1. The van der Waals surface area contributed by atoms with Gasteiger partial charge in [0.2, 0.25) is 0 Å². The summed E-state index contributed by atoms with van der Waals surface area (Å²) < 4.78 is 7.09. The first-order chi connectivity index (χ1) is 11.5. The molecule has 0 aliphatic carbocycles. The molecule has 134 valence electrons. The van der Waals surface area contributed by atoms with E-state index < -0.39 is 23.6 Å². The monoisotopic (exact) mass is 356 g/mol. The average Bonchev–Trinajstić information content (AvgIpc) is 2.93. The SMILES string of the molecule is CCCCNC(=S)N[C@H]1C[C@H](n2cc(C)c(=O)[nH]c2=O)O[C@@H]1CO. The maximum absolute atomic E-state index is 12.0. The van der Waals surface area contributed by atoms with Crippen LogP contribution in [0.3, 0.4) is 0 Å². The van der Waals surface area contributed by atoms with Crippen LogP contribution < -0.4 is 21.9 Å². The number of hydrogen-bond donors (Lipinski definition) is 4. The molecule has 8 nitrogen and oxygen atoms in total. The molecule has 1 aliphatic heterocycles. The minimum atomic E-state index is -0.568. The van der Waals surface area contributed by atoms with Crippen LogP contribution >= 0.6 is 12.2 Å². The molecule has 9 heteroatoms. The van der Waals surface area contributed by atoms with Crippen molar-refractivity contribution in [2.75, 3.05) is 13.2 Å². The van der Waals surface area contributed by atoms with Gasteiger partial charge in [-0.2, -0.15) is 0 Å². The maximum atomic E-state index is 12.0. The third-order valence-electron chi connectivity index (χ3n) is 4.00. The molecule has 0 bridgehead atoms. The molecule has 4 N–H and O–H groups in total. The van der Waals surface area contributed by atoms with Gasteiger partial charge in [-0.1, -0.05) is 13.3 Å². The molecule has 3 atom stereocenters. The maximum Gasteiger partial charge on any atom is 0.330 e. The smallest absolute Gasteiger partial charge is 0.330 e. The van der Waals surface area contributed by atoms with Crippen LogP contribution in [0.5, 0.6) is 0 Å². The molecule has 0 spiro atoms. The Balaban J connectivity index is 2.06. The Morgan fingerprint density at radius 1 is 1.54 bits per heavy atom. The zero-order valence-corrected chi connectivity index (χ0v) is 14.7. The van der Waals surface area contributed by atoms with E-state index in [0.717, 1.165) is 19.4 Å². The number of aryl methyl sites for hydroxylation is 1. The fourth-order valence-corrected chi connectivity index (χ4v) is 2.87. The van der Waals surface area contributed by atoms with Gasteiger partial charge in [-0.3, -0.25) is 14.3 Å². The highest BCUT2D eigenvalue weighted by molar-refractivity contribution is 7.80. The van der Waals surface area contributed by atoms with E-state index in [4.69, 9.17) is 17.0 Å². The Hall–Kier alpha value is -1.71. The molecule has 2 heterocycles. The van der Waals surface area contributed by atoms with Crippen molar-refractivity contribution in [2.45, 2.75) is 51.5 Å². The van der Waals surface area contributed by atoms with Crippen molar-refractivity contribution < 1.29 is 9.84 Å². The Kier molecular flexibility index (Phi) is 6.52. The molecule has 1 fully saturated rings. The highest BCUT2D eigenvalue weighted by Crippen LogP contribution is 2.27. The summed E-state index contributed by atoms with van der Waals surface area (Å²) in [5.74, 6) is 0. The van der Waals surface area contributed by atoms with Crippen molar-refractivity contribution in [2.24, 2.45) is 0 Å². The normalized spacial score (nSPS) is 23.2. The quantitative estimate of drug-likeness (QED) is 0.411. The van der Waals surface area contributed by atoms with Crippen LogP contribution in [0.1, 0.15) is 38.0 Å². The molecule has 2 rings (SSSR count). The minimum Gasteiger partial charge on any atom is -0.394 e. The van der Waals surface area contributed by atoms with Gasteiger partial charge in [0.15, 0.2) is 5.11 Å². The molecule has 0 radical (unpaired) electrons. The van der Waals surface area contributed by atoms with Crippen LogP contribution in [-0.4, -0.2) is 45.1 Å². The number of nitrogens with zero attached hydrogens (tertiary/aromatic N) is 1. The summed E-state index contributed by atoms with van der Waals surface area (Å²) in [6, 6.07) is -0.222. The molecule has 0 unspecified atom stereocenters. The second-order valence-electron chi connectivity index (χ2n) is 5.89. The van der Waals surface area contributed by atoms with Gasteiger partial charge >= 0.3 is 5.69 Å². The molecule has 0 saturated carbocycles. The van der Waals surface area contributed by atoms with Gasteiger partial charge in [0, 0.05) is 24.7 Å². The minimum absolute atomic E-state index is 0.192. The number of ether oxygens (including phenoxy) is 1. The lowest BCUT2D eigenvalue weighted by atomic mass is 10.1. The molecule has 0 aromatic carbocycles. The molecule has 1 aromatic rings. The molecule has 1 saturated heterocycles. The van der Waals surface area contributed by atoms with E-state index in [1.807, 2.05) is 0 Å². The fourth-order valence-electron chi connectivity index (χ4n) is 2.62. The summed E-state index contributed by atoms with van der Waals surface area (Å²) in [7, 11) is 0. The fraction of sp³-hybridized carbons (Fsp3) is 0.667. The predicted molar refractivity (Wildman–Crippen MR) is 94.1 cm³/mol. The van der Waals surface area contributed by atoms with Gasteiger partial charge in [-0.25, -0.2) is 4.79 Å². The average molecular weight is 356 g/mol. The van der Waals surface area contributed by atoms with E-state index in [-0.39, 0.29) is 12.6 Å². The summed E-state index contributed by atoms with van der Waals surface area (Å²) in [5.41, 5.74) is -0.521. The Morgan fingerprint density at radius 3 is 2.96 bits per heavy atom. The van der Waals surface area contributed by atoms with E-state index >= 15 is 0 Å². The van der Waals surface area contributed by atoms with Crippen molar-refractivity contribution in [3.8, 4) is 0 Å². The van der Waals surface area contributed by atoms with Gasteiger partial charge in [0.25, 0.3) is 5.56 Å². The predicted octanol–water partition coefficient (Wildman–Crippen LogP) is -0.242. The van der Waals surface area contributed by atoms with Crippen LogP contribution in [0, 0.1) is 6.92 Å². The first kappa shape index (κ1) is 18.6. The number of thiocarbonyl (C=S) groups is 1. The van der Waals surface area contributed by atoms with E-state index in [0.29, 0.717) is 17.1 Å². The summed E-state index contributed by atoms with van der Waals surface area (Å²) >= 11 is 5.25. The highest BCUT2D eigenvalue weighted by Gasteiger charge is 2.36. The number of hydrogen-bond acceptors (Lipinski definition) is 5. The molecule has 24 heavy (non-hydrogen) atoms. The zero-order chi connectivity index (χ0) is 17.7. The van der Waals surface area contributed by atoms with Crippen molar-refractivity contribution in [1.82, 2.24) is 20.2 Å². The molecular formula is C15H24N4O4S. The van der Waals surface area contributed by atoms with Gasteiger partial charge in [0.1, 0.15) is 12.3 Å². The molecule has 1 aliphatic rings. The third kappa shape index (κ3) is 4.43. The summed E-state index contributed by atoms with van der Waals surface area (Å²) in [6.45, 7) is 4.31. The van der Waals surface area contributed by atoms with E-state index in [2.05, 4.69) is 22.5 Å². The second-order valence-corrected chi connectivity index (χ2v) is 6.29. The Bertz CT molecular complexity index is 687. The lowest BCUT2D eigenvalue weighted by Gasteiger charge is -2.19. The number of aromatic nitrogens is 2. The van der Waals surface area contributed by atoms with Crippen LogP contribution in [-0.2, 0) is 4.74 Å².